The molecule has 0 fully saturated rings. The minimum atomic E-state index is 0.585. The van der Waals surface area contributed by atoms with Gasteiger partial charge in [-0.25, -0.2) is 4.98 Å². The van der Waals surface area contributed by atoms with Gasteiger partial charge in [0.2, 0.25) is 5.88 Å². The standard InChI is InChI=1S/C21H23N3O2/c1-2-25-19-9-8-18-17(20(19)22)12-16-14-24(10-11-26-21(16)23-18)13-15-6-4-3-5-7-15/h3-9,12H,2,10-11,13-14,22H2,1H3. The van der Waals surface area contributed by atoms with E-state index in [9.17, 15) is 0 Å². The predicted octanol–water partition coefficient (Wildman–Crippen LogP) is 3.61. The Morgan fingerprint density at radius 3 is 2.85 bits per heavy atom. The zero-order valence-corrected chi connectivity index (χ0v) is 14.9. The van der Waals surface area contributed by atoms with Crippen LogP contribution in [0.25, 0.3) is 10.9 Å². The van der Waals surface area contributed by atoms with Gasteiger partial charge in [-0.2, -0.15) is 0 Å². The van der Waals surface area contributed by atoms with Gasteiger partial charge in [-0.05, 0) is 30.7 Å². The van der Waals surface area contributed by atoms with E-state index < -0.39 is 0 Å². The Labute approximate surface area is 153 Å². The van der Waals surface area contributed by atoms with Crippen molar-refractivity contribution < 1.29 is 9.47 Å². The fraction of sp³-hybridized carbons (Fsp3) is 0.286. The van der Waals surface area contributed by atoms with Crippen molar-refractivity contribution in [3.05, 3.63) is 59.7 Å². The maximum absolute atomic E-state index is 6.32. The fourth-order valence-corrected chi connectivity index (χ4v) is 3.36. The highest BCUT2D eigenvalue weighted by molar-refractivity contribution is 5.94. The van der Waals surface area contributed by atoms with Crippen molar-refractivity contribution in [2.75, 3.05) is 25.5 Å². The summed E-state index contributed by atoms with van der Waals surface area (Å²) in [5.41, 5.74) is 10.1. The van der Waals surface area contributed by atoms with E-state index in [1.54, 1.807) is 0 Å². The summed E-state index contributed by atoms with van der Waals surface area (Å²) in [6.45, 7) is 5.70. The average molecular weight is 349 g/mol. The predicted molar refractivity (Wildman–Crippen MR) is 103 cm³/mol. The number of hydrogen-bond donors (Lipinski definition) is 1. The molecule has 0 unspecified atom stereocenters. The average Bonchev–Trinajstić information content (AvgIpc) is 2.85. The van der Waals surface area contributed by atoms with Crippen molar-refractivity contribution in [2.45, 2.75) is 20.0 Å². The minimum absolute atomic E-state index is 0.585. The van der Waals surface area contributed by atoms with Gasteiger partial charge in [0.15, 0.2) is 0 Å². The second-order valence-electron chi connectivity index (χ2n) is 6.47. The number of ether oxygens (including phenoxy) is 2. The summed E-state index contributed by atoms with van der Waals surface area (Å²) < 4.78 is 11.5. The molecule has 4 rings (SSSR count). The van der Waals surface area contributed by atoms with E-state index >= 15 is 0 Å². The molecule has 0 radical (unpaired) electrons. The van der Waals surface area contributed by atoms with Crippen LogP contribution in [0.15, 0.2) is 48.5 Å². The number of rotatable bonds is 4. The van der Waals surface area contributed by atoms with Crippen molar-refractivity contribution in [2.24, 2.45) is 0 Å². The molecule has 0 atom stereocenters. The van der Waals surface area contributed by atoms with E-state index in [2.05, 4.69) is 35.2 Å². The Balaban J connectivity index is 1.67. The number of anilines is 1. The number of benzene rings is 2. The summed E-state index contributed by atoms with van der Waals surface area (Å²) in [6.07, 6.45) is 0. The summed E-state index contributed by atoms with van der Waals surface area (Å²) >= 11 is 0. The maximum atomic E-state index is 6.32. The summed E-state index contributed by atoms with van der Waals surface area (Å²) in [4.78, 5) is 7.07. The summed E-state index contributed by atoms with van der Waals surface area (Å²) in [7, 11) is 0. The number of nitrogens with two attached hydrogens (primary N) is 1. The molecule has 1 aliphatic heterocycles. The minimum Gasteiger partial charge on any atom is -0.492 e. The molecule has 0 saturated heterocycles. The molecular weight excluding hydrogens is 326 g/mol. The van der Waals surface area contributed by atoms with Gasteiger partial charge in [-0.1, -0.05) is 30.3 Å². The first-order valence-corrected chi connectivity index (χ1v) is 8.98. The molecule has 0 amide bonds. The van der Waals surface area contributed by atoms with Gasteiger partial charge >= 0.3 is 0 Å². The number of pyridine rings is 1. The monoisotopic (exact) mass is 349 g/mol. The number of aromatic nitrogens is 1. The third-order valence-electron chi connectivity index (χ3n) is 4.63. The molecule has 1 aromatic heterocycles. The Bertz CT molecular complexity index is 912. The Kier molecular flexibility index (Phi) is 4.63. The van der Waals surface area contributed by atoms with E-state index in [1.165, 1.54) is 5.56 Å². The molecule has 26 heavy (non-hydrogen) atoms. The van der Waals surface area contributed by atoms with E-state index in [0.29, 0.717) is 30.5 Å². The Morgan fingerprint density at radius 1 is 1.19 bits per heavy atom. The molecule has 0 bridgehead atoms. The van der Waals surface area contributed by atoms with E-state index in [0.717, 1.165) is 36.1 Å². The number of nitrogens with zero attached hydrogens (tertiary/aromatic N) is 2. The largest absolute Gasteiger partial charge is 0.492 e. The topological polar surface area (TPSA) is 60.6 Å². The Hall–Kier alpha value is -2.79. The first-order chi connectivity index (χ1) is 12.7. The molecule has 5 heteroatoms. The first kappa shape index (κ1) is 16.7. The summed E-state index contributed by atoms with van der Waals surface area (Å²) in [6, 6.07) is 16.4. The second kappa shape index (κ2) is 7.22. The smallest absolute Gasteiger partial charge is 0.218 e. The highest BCUT2D eigenvalue weighted by atomic mass is 16.5. The highest BCUT2D eigenvalue weighted by Gasteiger charge is 2.19. The lowest BCUT2D eigenvalue weighted by atomic mass is 10.1. The maximum Gasteiger partial charge on any atom is 0.218 e. The fourth-order valence-electron chi connectivity index (χ4n) is 3.36. The summed E-state index contributed by atoms with van der Waals surface area (Å²) in [5.74, 6) is 1.41. The SMILES string of the molecule is CCOc1ccc2nc3c(cc2c1N)CN(Cc1ccccc1)CCO3. The van der Waals surface area contributed by atoms with Gasteiger partial charge in [-0.3, -0.25) is 4.90 Å². The van der Waals surface area contributed by atoms with Crippen molar-refractivity contribution in [1.82, 2.24) is 9.88 Å². The van der Waals surface area contributed by atoms with E-state index in [-0.39, 0.29) is 0 Å². The number of fused-ring (bicyclic) bond motifs is 2. The lowest BCUT2D eigenvalue weighted by molar-refractivity contribution is 0.217. The number of hydrogen-bond acceptors (Lipinski definition) is 5. The molecular formula is C21H23N3O2. The van der Waals surface area contributed by atoms with Gasteiger partial charge in [-0.15, -0.1) is 0 Å². The van der Waals surface area contributed by atoms with Crippen molar-refractivity contribution in [3.8, 4) is 11.6 Å². The molecule has 3 aromatic rings. The molecule has 1 aliphatic rings. The van der Waals surface area contributed by atoms with Gasteiger partial charge in [0.25, 0.3) is 0 Å². The van der Waals surface area contributed by atoms with E-state index in [1.807, 2.05) is 25.1 Å². The van der Waals surface area contributed by atoms with Crippen molar-refractivity contribution in [3.63, 3.8) is 0 Å². The normalized spacial score (nSPS) is 14.5. The molecule has 0 aliphatic carbocycles. The van der Waals surface area contributed by atoms with Crippen LogP contribution in [-0.2, 0) is 13.1 Å². The Morgan fingerprint density at radius 2 is 2.04 bits per heavy atom. The molecule has 134 valence electrons. The van der Waals surface area contributed by atoms with Crippen molar-refractivity contribution >= 4 is 16.6 Å². The first-order valence-electron chi connectivity index (χ1n) is 8.98. The molecule has 2 heterocycles. The zero-order chi connectivity index (χ0) is 17.9. The summed E-state index contributed by atoms with van der Waals surface area (Å²) in [5, 5.41) is 0.917. The van der Waals surface area contributed by atoms with Crippen LogP contribution in [0.1, 0.15) is 18.1 Å². The van der Waals surface area contributed by atoms with Crippen LogP contribution < -0.4 is 15.2 Å². The molecule has 2 aromatic carbocycles. The van der Waals surface area contributed by atoms with Crippen LogP contribution >= 0.6 is 0 Å². The third-order valence-corrected chi connectivity index (χ3v) is 4.63. The van der Waals surface area contributed by atoms with Crippen LogP contribution in [-0.4, -0.2) is 29.6 Å². The van der Waals surface area contributed by atoms with E-state index in [4.69, 9.17) is 20.2 Å². The van der Waals surface area contributed by atoms with Crippen LogP contribution in [0, 0.1) is 0 Å². The van der Waals surface area contributed by atoms with Gasteiger partial charge < -0.3 is 15.2 Å². The molecule has 0 saturated carbocycles. The molecule has 5 nitrogen and oxygen atoms in total. The van der Waals surface area contributed by atoms with Crippen LogP contribution in [0.2, 0.25) is 0 Å². The van der Waals surface area contributed by atoms with Crippen LogP contribution in [0.5, 0.6) is 11.6 Å². The van der Waals surface area contributed by atoms with Crippen LogP contribution in [0.3, 0.4) is 0 Å². The number of nitrogen functional groups attached to an aromatic ring is 1. The van der Waals surface area contributed by atoms with Gasteiger partial charge in [0.1, 0.15) is 12.4 Å². The molecule has 2 N–H and O–H groups in total. The lowest BCUT2D eigenvalue weighted by Crippen LogP contribution is -2.25. The van der Waals surface area contributed by atoms with Crippen LogP contribution in [0.4, 0.5) is 5.69 Å². The molecule has 0 spiro atoms. The van der Waals surface area contributed by atoms with Crippen molar-refractivity contribution in [1.29, 1.82) is 0 Å². The highest BCUT2D eigenvalue weighted by Crippen LogP contribution is 2.34. The van der Waals surface area contributed by atoms with Gasteiger partial charge in [0.05, 0.1) is 17.8 Å². The third kappa shape index (κ3) is 3.30. The zero-order valence-electron chi connectivity index (χ0n) is 14.9. The lowest BCUT2D eigenvalue weighted by Gasteiger charge is -2.19. The second-order valence-corrected chi connectivity index (χ2v) is 6.47. The van der Waals surface area contributed by atoms with Gasteiger partial charge in [0, 0.05) is 30.6 Å². The quantitative estimate of drug-likeness (QED) is 0.729.